The van der Waals surface area contributed by atoms with Crippen molar-refractivity contribution < 1.29 is 32.9 Å². The van der Waals surface area contributed by atoms with Crippen molar-refractivity contribution in [2.45, 2.75) is 36.7 Å². The molecule has 0 saturated carbocycles. The van der Waals surface area contributed by atoms with Crippen molar-refractivity contribution in [3.05, 3.63) is 30.3 Å². The molecule has 176 valence electrons. The number of nitrogens with one attached hydrogen (secondary N) is 1. The van der Waals surface area contributed by atoms with Crippen molar-refractivity contribution >= 4 is 27.8 Å². The standard InChI is InChI=1S/C21H30N4O6S/c1-15(21(28)31-2)23-19(26)18-14-24(20(27)16-8-10-22-11-9-16)12-13-25(18)32(29,30)17-6-4-3-5-7-17/h3-7,15-16,18,22H,8-14H2,1-2H3,(H,23,26)/p+1/t15-,18+/m1/s1. The van der Waals surface area contributed by atoms with Crippen LogP contribution >= 0.6 is 0 Å². The molecule has 2 amide bonds. The molecule has 10 nitrogen and oxygen atoms in total. The van der Waals surface area contributed by atoms with Crippen LogP contribution in [0.5, 0.6) is 0 Å². The summed E-state index contributed by atoms with van der Waals surface area (Å²) in [5, 5.41) is 4.70. The molecule has 1 aromatic carbocycles. The first-order chi connectivity index (χ1) is 15.3. The van der Waals surface area contributed by atoms with Gasteiger partial charge in [0.05, 0.1) is 25.1 Å². The van der Waals surface area contributed by atoms with Crippen LogP contribution in [0.15, 0.2) is 35.2 Å². The van der Waals surface area contributed by atoms with E-state index in [-0.39, 0.29) is 36.4 Å². The Morgan fingerprint density at radius 1 is 1.12 bits per heavy atom. The topological polar surface area (TPSA) is 130 Å². The summed E-state index contributed by atoms with van der Waals surface area (Å²) in [6, 6.07) is 5.77. The number of sulfonamides is 1. The van der Waals surface area contributed by atoms with E-state index in [0.29, 0.717) is 0 Å². The lowest BCUT2D eigenvalue weighted by Crippen LogP contribution is -2.86. The summed E-state index contributed by atoms with van der Waals surface area (Å²) in [4.78, 5) is 39.6. The smallest absolute Gasteiger partial charge is 0.328 e. The average molecular weight is 468 g/mol. The van der Waals surface area contributed by atoms with E-state index in [1.165, 1.54) is 26.2 Å². The Kier molecular flexibility index (Phi) is 7.86. The molecule has 0 spiro atoms. The summed E-state index contributed by atoms with van der Waals surface area (Å²) in [7, 11) is -2.77. The Hall–Kier alpha value is -2.50. The van der Waals surface area contributed by atoms with Gasteiger partial charge in [0.15, 0.2) is 0 Å². The van der Waals surface area contributed by atoms with E-state index in [1.54, 1.807) is 23.1 Å². The molecule has 32 heavy (non-hydrogen) atoms. The summed E-state index contributed by atoms with van der Waals surface area (Å²) in [6.07, 6.45) is 1.52. The maximum absolute atomic E-state index is 13.3. The number of methoxy groups -OCH3 is 1. The highest BCUT2D eigenvalue weighted by atomic mass is 32.2. The second-order valence-corrected chi connectivity index (χ2v) is 10.0. The number of carbonyl (C=O) groups excluding carboxylic acids is 3. The average Bonchev–Trinajstić information content (AvgIpc) is 2.83. The first-order valence-electron chi connectivity index (χ1n) is 10.8. The van der Waals surface area contributed by atoms with E-state index in [2.05, 4.69) is 15.4 Å². The Balaban J connectivity index is 1.85. The number of rotatable bonds is 6. The Labute approximate surface area is 188 Å². The van der Waals surface area contributed by atoms with Gasteiger partial charge < -0.3 is 20.3 Å². The van der Waals surface area contributed by atoms with Gasteiger partial charge in [-0.2, -0.15) is 4.31 Å². The van der Waals surface area contributed by atoms with Gasteiger partial charge in [-0.1, -0.05) is 18.2 Å². The molecular weight excluding hydrogens is 436 g/mol. The van der Waals surface area contributed by atoms with Gasteiger partial charge in [0.1, 0.15) is 12.1 Å². The van der Waals surface area contributed by atoms with Gasteiger partial charge in [-0.15, -0.1) is 0 Å². The molecule has 1 aromatic rings. The maximum atomic E-state index is 13.3. The predicted octanol–water partition coefficient (Wildman–Crippen LogP) is -1.46. The summed E-state index contributed by atoms with van der Waals surface area (Å²) < 4.78 is 32.4. The molecule has 2 heterocycles. The quantitative estimate of drug-likeness (QED) is 0.492. The van der Waals surface area contributed by atoms with Crippen LogP contribution < -0.4 is 10.6 Å². The molecule has 2 fully saturated rings. The van der Waals surface area contributed by atoms with E-state index in [0.717, 1.165) is 30.2 Å². The molecule has 2 saturated heterocycles. The molecule has 2 aliphatic rings. The van der Waals surface area contributed by atoms with Gasteiger partial charge in [-0.3, -0.25) is 9.59 Å². The van der Waals surface area contributed by atoms with Gasteiger partial charge in [0.25, 0.3) is 0 Å². The number of ether oxygens (including phenoxy) is 1. The number of piperidine rings is 1. The fraction of sp³-hybridized carbons (Fsp3) is 0.571. The minimum atomic E-state index is -3.98. The number of hydrogen-bond donors (Lipinski definition) is 2. The van der Waals surface area contributed by atoms with Crippen molar-refractivity contribution in [3.63, 3.8) is 0 Å². The third kappa shape index (κ3) is 5.28. The van der Waals surface area contributed by atoms with Gasteiger partial charge in [0, 0.05) is 38.4 Å². The van der Waals surface area contributed by atoms with Crippen LogP contribution in [0.2, 0.25) is 0 Å². The Morgan fingerprint density at radius 2 is 1.78 bits per heavy atom. The lowest BCUT2D eigenvalue weighted by molar-refractivity contribution is -0.664. The summed E-state index contributed by atoms with van der Waals surface area (Å²) in [5.74, 6) is -1.45. The van der Waals surface area contributed by atoms with E-state index < -0.39 is 34.0 Å². The largest absolute Gasteiger partial charge is 0.467 e. The molecule has 0 aliphatic carbocycles. The molecule has 11 heteroatoms. The Morgan fingerprint density at radius 3 is 2.41 bits per heavy atom. The number of esters is 1. The van der Waals surface area contributed by atoms with Crippen molar-refractivity contribution in [3.8, 4) is 0 Å². The monoisotopic (exact) mass is 467 g/mol. The SMILES string of the molecule is COC(=O)[C@@H](C)NC(=O)[C@@H]1CN(C(=O)C2CC[NH2+]CC2)CCN1S(=O)(=O)c1ccccc1. The van der Waals surface area contributed by atoms with Crippen LogP contribution in [0.25, 0.3) is 0 Å². The minimum Gasteiger partial charge on any atom is -0.467 e. The normalized spacial score (nSPS) is 21.6. The number of hydrogen-bond acceptors (Lipinski definition) is 6. The highest BCUT2D eigenvalue weighted by molar-refractivity contribution is 7.89. The van der Waals surface area contributed by atoms with Crippen LogP contribution in [0.3, 0.4) is 0 Å². The molecule has 3 N–H and O–H groups in total. The summed E-state index contributed by atoms with van der Waals surface area (Å²) >= 11 is 0. The first kappa shape index (κ1) is 24.1. The number of benzene rings is 1. The van der Waals surface area contributed by atoms with Gasteiger partial charge >= 0.3 is 5.97 Å². The summed E-state index contributed by atoms with van der Waals surface area (Å²) in [5.41, 5.74) is 0. The molecule has 3 rings (SSSR count). The van der Waals surface area contributed by atoms with Crippen molar-refractivity contribution in [1.29, 1.82) is 0 Å². The first-order valence-corrected chi connectivity index (χ1v) is 12.2. The van der Waals surface area contributed by atoms with Crippen LogP contribution in [-0.4, -0.2) is 87.3 Å². The van der Waals surface area contributed by atoms with Crippen molar-refractivity contribution in [2.24, 2.45) is 5.92 Å². The molecule has 2 aliphatic heterocycles. The molecule has 0 unspecified atom stereocenters. The van der Waals surface area contributed by atoms with Crippen molar-refractivity contribution in [2.75, 3.05) is 39.8 Å². The van der Waals surface area contributed by atoms with Crippen LogP contribution in [0.4, 0.5) is 0 Å². The van der Waals surface area contributed by atoms with Crippen LogP contribution in [0.1, 0.15) is 19.8 Å². The third-order valence-electron chi connectivity index (χ3n) is 6.00. The predicted molar refractivity (Wildman–Crippen MR) is 115 cm³/mol. The third-order valence-corrected chi connectivity index (χ3v) is 7.92. The minimum absolute atomic E-state index is 0.00744. The van der Waals surface area contributed by atoms with Gasteiger partial charge in [-0.25, -0.2) is 13.2 Å². The number of piperazine rings is 1. The molecular formula is C21H31N4O6S+. The van der Waals surface area contributed by atoms with Crippen LogP contribution in [0, 0.1) is 5.92 Å². The second-order valence-electron chi connectivity index (χ2n) is 8.12. The molecule has 0 bridgehead atoms. The zero-order chi connectivity index (χ0) is 23.3. The fourth-order valence-electron chi connectivity index (χ4n) is 4.17. The fourth-order valence-corrected chi connectivity index (χ4v) is 5.76. The molecule has 2 atom stereocenters. The lowest BCUT2D eigenvalue weighted by Gasteiger charge is -2.41. The van der Waals surface area contributed by atoms with Crippen LogP contribution in [-0.2, 0) is 29.1 Å². The zero-order valence-corrected chi connectivity index (χ0v) is 19.2. The second kappa shape index (κ2) is 10.4. The molecule has 0 radical (unpaired) electrons. The van der Waals surface area contributed by atoms with Gasteiger partial charge in [0.2, 0.25) is 21.8 Å². The summed E-state index contributed by atoms with van der Waals surface area (Å²) in [6.45, 7) is 3.35. The van der Waals surface area contributed by atoms with E-state index in [4.69, 9.17) is 0 Å². The number of nitrogens with two attached hydrogens (primary N) is 1. The number of quaternary nitrogens is 1. The zero-order valence-electron chi connectivity index (χ0n) is 18.4. The maximum Gasteiger partial charge on any atom is 0.328 e. The lowest BCUT2D eigenvalue weighted by atomic mass is 9.96. The molecule has 0 aromatic heterocycles. The van der Waals surface area contributed by atoms with Crippen molar-refractivity contribution in [1.82, 2.24) is 14.5 Å². The highest BCUT2D eigenvalue weighted by Crippen LogP contribution is 2.24. The Bertz CT molecular complexity index is 933. The highest BCUT2D eigenvalue weighted by Gasteiger charge is 2.43. The number of amides is 2. The number of nitrogens with zero attached hydrogens (tertiary/aromatic N) is 2. The van der Waals surface area contributed by atoms with E-state index in [9.17, 15) is 22.8 Å². The number of carbonyl (C=O) groups is 3. The van der Waals surface area contributed by atoms with E-state index in [1.807, 2.05) is 0 Å². The van der Waals surface area contributed by atoms with E-state index >= 15 is 0 Å². The van der Waals surface area contributed by atoms with Gasteiger partial charge in [-0.05, 0) is 19.1 Å².